The topological polar surface area (TPSA) is 40.5 Å². The molecule has 2 nitrogen and oxygen atoms in total. The summed E-state index contributed by atoms with van der Waals surface area (Å²) in [4.78, 5) is 2.72. The largest absolute Gasteiger partial charge is 0.391 e. The van der Waals surface area contributed by atoms with E-state index in [0.29, 0.717) is 12.3 Å². The normalized spacial score (nSPS) is 17.1. The first-order valence-electron chi connectivity index (χ1n) is 6.03. The van der Waals surface area contributed by atoms with E-state index in [1.807, 2.05) is 11.3 Å². The van der Waals surface area contributed by atoms with Gasteiger partial charge in [-0.1, -0.05) is 13.8 Å². The predicted octanol–water partition coefficient (Wildman–Crippen LogP) is 2.94. The van der Waals surface area contributed by atoms with E-state index in [2.05, 4.69) is 26.0 Å². The van der Waals surface area contributed by atoms with Crippen molar-refractivity contribution in [1.29, 1.82) is 0 Å². The molecule has 0 radical (unpaired) electrons. The maximum Gasteiger partial charge on any atom is 0.0802 e. The van der Waals surface area contributed by atoms with Crippen LogP contribution in [0, 0.1) is 0 Å². The summed E-state index contributed by atoms with van der Waals surface area (Å²) in [5, 5.41) is 19.0. The average molecular weight is 242 g/mol. The quantitative estimate of drug-likeness (QED) is 0.805. The highest BCUT2D eigenvalue weighted by Crippen LogP contribution is 2.31. The number of thiophene rings is 1. The van der Waals surface area contributed by atoms with E-state index < -0.39 is 12.2 Å². The van der Waals surface area contributed by atoms with Crippen LogP contribution in [0.2, 0.25) is 0 Å². The lowest BCUT2D eigenvalue weighted by molar-refractivity contribution is 0.0217. The Morgan fingerprint density at radius 1 is 1.25 bits per heavy atom. The minimum Gasteiger partial charge on any atom is -0.391 e. The molecule has 1 aromatic rings. The van der Waals surface area contributed by atoms with Gasteiger partial charge in [0, 0.05) is 9.75 Å². The molecule has 0 aromatic carbocycles. The molecule has 0 aliphatic carbocycles. The third-order valence-electron chi connectivity index (χ3n) is 3.01. The first kappa shape index (κ1) is 13.7. The lowest BCUT2D eigenvalue weighted by Crippen LogP contribution is -2.24. The van der Waals surface area contributed by atoms with E-state index in [0.717, 1.165) is 12.8 Å². The molecule has 1 heterocycles. The molecule has 0 amide bonds. The molecule has 92 valence electrons. The third kappa shape index (κ3) is 3.58. The standard InChI is InChI=1S/C13H22O2S/c1-4-10(8-12(15)9(3)14)13-7-6-11(5-2)16-13/h6-7,9-10,12,14-15H,4-5,8H2,1-3H3. The van der Waals surface area contributed by atoms with Gasteiger partial charge in [0.1, 0.15) is 0 Å². The molecular weight excluding hydrogens is 220 g/mol. The second-order valence-corrected chi connectivity index (χ2v) is 5.51. The summed E-state index contributed by atoms with van der Waals surface area (Å²) >= 11 is 1.83. The van der Waals surface area contributed by atoms with Crippen molar-refractivity contribution in [1.82, 2.24) is 0 Å². The van der Waals surface area contributed by atoms with Gasteiger partial charge in [-0.2, -0.15) is 0 Å². The highest BCUT2D eigenvalue weighted by molar-refractivity contribution is 7.12. The van der Waals surface area contributed by atoms with Crippen molar-refractivity contribution < 1.29 is 10.2 Å². The van der Waals surface area contributed by atoms with E-state index in [-0.39, 0.29) is 0 Å². The van der Waals surface area contributed by atoms with Crippen LogP contribution >= 0.6 is 11.3 Å². The Morgan fingerprint density at radius 3 is 2.38 bits per heavy atom. The summed E-state index contributed by atoms with van der Waals surface area (Å²) in [5.74, 6) is 0.370. The monoisotopic (exact) mass is 242 g/mol. The van der Waals surface area contributed by atoms with Crippen LogP contribution in [0.15, 0.2) is 12.1 Å². The SMILES string of the molecule is CCc1ccc(C(CC)CC(O)C(C)O)s1. The van der Waals surface area contributed by atoms with Gasteiger partial charge < -0.3 is 10.2 Å². The van der Waals surface area contributed by atoms with Crippen molar-refractivity contribution in [2.24, 2.45) is 0 Å². The molecule has 0 aliphatic rings. The first-order chi connectivity index (χ1) is 7.58. The smallest absolute Gasteiger partial charge is 0.0802 e. The fourth-order valence-corrected chi connectivity index (χ4v) is 2.93. The minimum atomic E-state index is -0.639. The molecule has 16 heavy (non-hydrogen) atoms. The van der Waals surface area contributed by atoms with E-state index in [4.69, 9.17) is 0 Å². The van der Waals surface area contributed by atoms with Crippen LogP contribution in [0.25, 0.3) is 0 Å². The van der Waals surface area contributed by atoms with Crippen LogP contribution in [0.3, 0.4) is 0 Å². The van der Waals surface area contributed by atoms with Crippen molar-refractivity contribution in [3.63, 3.8) is 0 Å². The van der Waals surface area contributed by atoms with E-state index >= 15 is 0 Å². The summed E-state index contributed by atoms with van der Waals surface area (Å²) in [6.07, 6.45) is 1.47. The van der Waals surface area contributed by atoms with Gasteiger partial charge in [0.2, 0.25) is 0 Å². The van der Waals surface area contributed by atoms with Crippen molar-refractivity contribution in [3.8, 4) is 0 Å². The summed E-state index contributed by atoms with van der Waals surface area (Å²) < 4.78 is 0. The van der Waals surface area contributed by atoms with Crippen LogP contribution in [-0.4, -0.2) is 22.4 Å². The third-order valence-corrected chi connectivity index (χ3v) is 4.40. The Balaban J connectivity index is 2.66. The average Bonchev–Trinajstić information content (AvgIpc) is 2.73. The molecule has 0 fully saturated rings. The Hall–Kier alpha value is -0.380. The zero-order valence-electron chi connectivity index (χ0n) is 10.3. The summed E-state index contributed by atoms with van der Waals surface area (Å²) in [6.45, 7) is 5.93. The van der Waals surface area contributed by atoms with Gasteiger partial charge >= 0.3 is 0 Å². The van der Waals surface area contributed by atoms with Gasteiger partial charge in [0.25, 0.3) is 0 Å². The number of aryl methyl sites for hydroxylation is 1. The first-order valence-corrected chi connectivity index (χ1v) is 6.84. The number of aliphatic hydroxyl groups is 2. The van der Waals surface area contributed by atoms with Crippen LogP contribution < -0.4 is 0 Å². The Morgan fingerprint density at radius 2 is 1.94 bits per heavy atom. The maximum atomic E-state index is 9.71. The van der Waals surface area contributed by atoms with Crippen LogP contribution in [0.1, 0.15) is 49.3 Å². The molecule has 0 saturated carbocycles. The number of aliphatic hydroxyl groups excluding tert-OH is 2. The zero-order valence-corrected chi connectivity index (χ0v) is 11.1. The number of hydrogen-bond acceptors (Lipinski definition) is 3. The molecular formula is C13H22O2S. The van der Waals surface area contributed by atoms with Crippen molar-refractivity contribution in [3.05, 3.63) is 21.9 Å². The lowest BCUT2D eigenvalue weighted by Gasteiger charge is -2.19. The second-order valence-electron chi connectivity index (χ2n) is 4.31. The number of rotatable bonds is 6. The number of hydrogen-bond donors (Lipinski definition) is 2. The Labute approximate surface area is 102 Å². The van der Waals surface area contributed by atoms with Gasteiger partial charge in [-0.3, -0.25) is 0 Å². The van der Waals surface area contributed by atoms with Gasteiger partial charge in [-0.05, 0) is 44.2 Å². The molecule has 0 aliphatic heterocycles. The van der Waals surface area contributed by atoms with Gasteiger partial charge in [-0.15, -0.1) is 11.3 Å². The van der Waals surface area contributed by atoms with Gasteiger partial charge in [0.05, 0.1) is 12.2 Å². The van der Waals surface area contributed by atoms with Gasteiger partial charge in [-0.25, -0.2) is 0 Å². The van der Waals surface area contributed by atoms with E-state index in [1.165, 1.54) is 9.75 Å². The Bertz CT molecular complexity index is 307. The predicted molar refractivity (Wildman–Crippen MR) is 69.0 cm³/mol. The fourth-order valence-electron chi connectivity index (χ4n) is 1.78. The molecule has 1 rings (SSSR count). The van der Waals surface area contributed by atoms with Crippen LogP contribution in [0.5, 0.6) is 0 Å². The molecule has 1 aromatic heterocycles. The van der Waals surface area contributed by atoms with Crippen molar-refractivity contribution in [2.45, 2.75) is 58.2 Å². The Kier molecular flexibility index (Phi) is 5.46. The van der Waals surface area contributed by atoms with Crippen molar-refractivity contribution >= 4 is 11.3 Å². The van der Waals surface area contributed by atoms with Crippen molar-refractivity contribution in [2.75, 3.05) is 0 Å². The highest BCUT2D eigenvalue weighted by atomic mass is 32.1. The molecule has 0 spiro atoms. The summed E-state index contributed by atoms with van der Waals surface area (Å²) in [7, 11) is 0. The molecule has 0 bridgehead atoms. The molecule has 3 atom stereocenters. The van der Waals surface area contributed by atoms with Crippen LogP contribution in [-0.2, 0) is 6.42 Å². The summed E-state index contributed by atoms with van der Waals surface area (Å²) in [6, 6.07) is 4.32. The van der Waals surface area contributed by atoms with E-state index in [1.54, 1.807) is 6.92 Å². The molecule has 2 N–H and O–H groups in total. The van der Waals surface area contributed by atoms with Gasteiger partial charge in [0.15, 0.2) is 0 Å². The lowest BCUT2D eigenvalue weighted by atomic mass is 9.95. The fraction of sp³-hybridized carbons (Fsp3) is 0.692. The highest BCUT2D eigenvalue weighted by Gasteiger charge is 2.19. The summed E-state index contributed by atoms with van der Waals surface area (Å²) in [5.41, 5.74) is 0. The molecule has 3 heteroatoms. The maximum absolute atomic E-state index is 9.71. The molecule has 3 unspecified atom stereocenters. The second kappa shape index (κ2) is 6.38. The van der Waals surface area contributed by atoms with E-state index in [9.17, 15) is 10.2 Å². The molecule has 0 saturated heterocycles. The zero-order chi connectivity index (χ0) is 12.1. The van der Waals surface area contributed by atoms with Crippen LogP contribution in [0.4, 0.5) is 0 Å². The minimum absolute atomic E-state index is 0.370.